The summed E-state index contributed by atoms with van der Waals surface area (Å²) in [5.74, 6) is 0.651. The molecule has 2 atom stereocenters. The van der Waals surface area contributed by atoms with Crippen molar-refractivity contribution in [3.05, 3.63) is 57.3 Å². The van der Waals surface area contributed by atoms with Crippen molar-refractivity contribution in [1.29, 1.82) is 0 Å². The van der Waals surface area contributed by atoms with E-state index < -0.39 is 0 Å². The summed E-state index contributed by atoms with van der Waals surface area (Å²) < 4.78 is 0. The summed E-state index contributed by atoms with van der Waals surface area (Å²) in [7, 11) is 0. The van der Waals surface area contributed by atoms with Crippen molar-refractivity contribution in [1.82, 2.24) is 5.32 Å². The summed E-state index contributed by atoms with van der Waals surface area (Å²) in [6.07, 6.45) is 1.21. The molecule has 0 fully saturated rings. The van der Waals surface area contributed by atoms with Gasteiger partial charge in [0, 0.05) is 16.8 Å². The molecule has 1 aromatic carbocycles. The van der Waals surface area contributed by atoms with Crippen LogP contribution in [0.5, 0.6) is 0 Å². The summed E-state index contributed by atoms with van der Waals surface area (Å²) >= 11 is 1.89. The minimum Gasteiger partial charge on any atom is -0.309 e. The quantitative estimate of drug-likeness (QED) is 0.871. The fourth-order valence-corrected chi connectivity index (χ4v) is 4.00. The first-order valence-corrected chi connectivity index (χ1v) is 7.54. The normalized spacial score (nSPS) is 19.1. The third-order valence-corrected chi connectivity index (χ3v) is 5.01. The van der Waals surface area contributed by atoms with Gasteiger partial charge in [-0.2, -0.15) is 0 Å². The van der Waals surface area contributed by atoms with Crippen LogP contribution in [0.4, 0.5) is 0 Å². The summed E-state index contributed by atoms with van der Waals surface area (Å²) in [5, 5.41) is 5.89. The van der Waals surface area contributed by atoms with Crippen molar-refractivity contribution in [2.45, 2.75) is 32.2 Å². The minimum absolute atomic E-state index is 0.491. The van der Waals surface area contributed by atoms with E-state index in [0.717, 1.165) is 6.54 Å². The molecule has 1 nitrogen and oxygen atoms in total. The predicted molar refractivity (Wildman–Crippen MR) is 78.4 cm³/mol. The lowest BCUT2D eigenvalue weighted by molar-refractivity contribution is 0.424. The van der Waals surface area contributed by atoms with Crippen LogP contribution in [0.15, 0.2) is 35.7 Å². The number of hydrogen-bond acceptors (Lipinski definition) is 2. The van der Waals surface area contributed by atoms with Crippen molar-refractivity contribution in [3.8, 4) is 0 Å². The first-order chi connectivity index (χ1) is 8.81. The Morgan fingerprint density at radius 2 is 2.17 bits per heavy atom. The van der Waals surface area contributed by atoms with Crippen LogP contribution >= 0.6 is 11.3 Å². The van der Waals surface area contributed by atoms with E-state index in [1.165, 1.54) is 28.0 Å². The molecule has 18 heavy (non-hydrogen) atoms. The molecule has 0 aliphatic heterocycles. The van der Waals surface area contributed by atoms with Crippen molar-refractivity contribution in [3.63, 3.8) is 0 Å². The second kappa shape index (κ2) is 4.87. The number of nitrogens with one attached hydrogen (secondary N) is 1. The van der Waals surface area contributed by atoms with Crippen LogP contribution in [0.3, 0.4) is 0 Å². The van der Waals surface area contributed by atoms with E-state index in [0.29, 0.717) is 12.0 Å². The molecule has 0 spiro atoms. The maximum absolute atomic E-state index is 3.68. The number of fused-ring (bicyclic) bond motifs is 1. The number of likely N-dealkylation sites (N-methyl/N-ethyl adjacent to an activating group) is 1. The predicted octanol–water partition coefficient (Wildman–Crippen LogP) is 4.05. The molecule has 0 bridgehead atoms. The number of aryl methyl sites for hydroxylation is 1. The summed E-state index contributed by atoms with van der Waals surface area (Å²) in [6, 6.07) is 11.6. The number of hydrogen-bond donors (Lipinski definition) is 1. The molecule has 1 N–H and O–H groups in total. The molecule has 0 saturated carbocycles. The molecule has 1 aliphatic rings. The molecule has 0 amide bonds. The van der Waals surface area contributed by atoms with Gasteiger partial charge in [-0.15, -0.1) is 11.3 Å². The third kappa shape index (κ3) is 1.90. The number of benzene rings is 1. The van der Waals surface area contributed by atoms with Gasteiger partial charge in [0.25, 0.3) is 0 Å². The van der Waals surface area contributed by atoms with Crippen molar-refractivity contribution < 1.29 is 0 Å². The fraction of sp³-hybridized carbons (Fsp3) is 0.375. The molecule has 3 rings (SSSR count). The van der Waals surface area contributed by atoms with Gasteiger partial charge in [-0.3, -0.25) is 0 Å². The van der Waals surface area contributed by atoms with E-state index in [1.807, 2.05) is 11.3 Å². The van der Waals surface area contributed by atoms with E-state index in [-0.39, 0.29) is 0 Å². The van der Waals surface area contributed by atoms with Crippen molar-refractivity contribution in [2.75, 3.05) is 6.54 Å². The molecule has 1 aromatic heterocycles. The van der Waals surface area contributed by atoms with Crippen molar-refractivity contribution in [2.24, 2.45) is 0 Å². The summed E-state index contributed by atoms with van der Waals surface area (Å²) in [5.41, 5.74) is 4.49. The van der Waals surface area contributed by atoms with Gasteiger partial charge in [-0.25, -0.2) is 0 Å². The van der Waals surface area contributed by atoms with E-state index >= 15 is 0 Å². The van der Waals surface area contributed by atoms with E-state index in [4.69, 9.17) is 0 Å². The highest BCUT2D eigenvalue weighted by Crippen LogP contribution is 2.45. The van der Waals surface area contributed by atoms with Gasteiger partial charge in [-0.05, 0) is 48.0 Å². The Kier molecular flexibility index (Phi) is 3.23. The lowest BCUT2D eigenvalue weighted by Gasteiger charge is -2.37. The van der Waals surface area contributed by atoms with Gasteiger partial charge in [0.1, 0.15) is 0 Å². The molecule has 0 radical (unpaired) electrons. The van der Waals surface area contributed by atoms with Gasteiger partial charge < -0.3 is 5.32 Å². The molecule has 2 aromatic rings. The Bertz CT molecular complexity index is 544. The van der Waals surface area contributed by atoms with Crippen LogP contribution < -0.4 is 5.32 Å². The highest BCUT2D eigenvalue weighted by molar-refractivity contribution is 7.10. The molecule has 1 aliphatic carbocycles. The van der Waals surface area contributed by atoms with E-state index in [9.17, 15) is 0 Å². The average molecular weight is 257 g/mol. The highest BCUT2D eigenvalue weighted by atomic mass is 32.1. The fourth-order valence-electron chi connectivity index (χ4n) is 2.94. The Morgan fingerprint density at radius 3 is 2.83 bits per heavy atom. The summed E-state index contributed by atoms with van der Waals surface area (Å²) in [6.45, 7) is 5.45. The topological polar surface area (TPSA) is 12.0 Å². The Morgan fingerprint density at radius 1 is 1.33 bits per heavy atom. The van der Waals surface area contributed by atoms with Crippen LogP contribution in [0, 0.1) is 6.92 Å². The SMILES string of the molecule is CCNC(c1sccc1C)C1Cc2ccccc21. The Hall–Kier alpha value is -1.12. The first-order valence-electron chi connectivity index (χ1n) is 6.66. The van der Waals surface area contributed by atoms with Gasteiger partial charge in [0.15, 0.2) is 0 Å². The standard InChI is InChI=1S/C16H19NS/c1-3-17-15(16-11(2)8-9-18-16)14-10-12-6-4-5-7-13(12)14/h4-9,14-15,17H,3,10H2,1-2H3. The zero-order valence-electron chi connectivity index (χ0n) is 10.9. The van der Waals surface area contributed by atoms with Gasteiger partial charge in [-0.1, -0.05) is 31.2 Å². The van der Waals surface area contributed by atoms with Gasteiger partial charge >= 0.3 is 0 Å². The second-order valence-electron chi connectivity index (χ2n) is 5.01. The second-order valence-corrected chi connectivity index (χ2v) is 5.96. The Balaban J connectivity index is 1.91. The number of rotatable bonds is 4. The van der Waals surface area contributed by atoms with E-state index in [1.54, 1.807) is 0 Å². The molecule has 94 valence electrons. The van der Waals surface area contributed by atoms with Crippen LogP contribution in [-0.2, 0) is 6.42 Å². The lowest BCUT2D eigenvalue weighted by atomic mass is 9.73. The van der Waals surface area contributed by atoms with Crippen LogP contribution in [-0.4, -0.2) is 6.54 Å². The lowest BCUT2D eigenvalue weighted by Crippen LogP contribution is -2.33. The molecule has 2 heteroatoms. The van der Waals surface area contributed by atoms with E-state index in [2.05, 4.69) is 54.9 Å². The highest BCUT2D eigenvalue weighted by Gasteiger charge is 2.34. The first kappa shape index (κ1) is 11.9. The zero-order valence-corrected chi connectivity index (χ0v) is 11.8. The van der Waals surface area contributed by atoms with Crippen LogP contribution in [0.2, 0.25) is 0 Å². The minimum atomic E-state index is 0.491. The maximum atomic E-state index is 3.68. The number of thiophene rings is 1. The molecule has 2 unspecified atom stereocenters. The van der Waals surface area contributed by atoms with Gasteiger partial charge in [0.05, 0.1) is 0 Å². The molecular weight excluding hydrogens is 238 g/mol. The van der Waals surface area contributed by atoms with Gasteiger partial charge in [0.2, 0.25) is 0 Å². The smallest absolute Gasteiger partial charge is 0.0490 e. The van der Waals surface area contributed by atoms with Crippen molar-refractivity contribution >= 4 is 11.3 Å². The zero-order chi connectivity index (χ0) is 12.5. The Labute approximate surface area is 113 Å². The maximum Gasteiger partial charge on any atom is 0.0490 e. The third-order valence-electron chi connectivity index (χ3n) is 3.90. The summed E-state index contributed by atoms with van der Waals surface area (Å²) in [4.78, 5) is 1.51. The molecule has 1 heterocycles. The molecular formula is C16H19NS. The average Bonchev–Trinajstić information content (AvgIpc) is 2.76. The monoisotopic (exact) mass is 257 g/mol. The molecule has 0 saturated heterocycles. The van der Waals surface area contributed by atoms with Crippen LogP contribution in [0.25, 0.3) is 0 Å². The van der Waals surface area contributed by atoms with Crippen LogP contribution in [0.1, 0.15) is 40.5 Å². The largest absolute Gasteiger partial charge is 0.309 e.